The van der Waals surface area contributed by atoms with Crippen LogP contribution >= 0.6 is 0 Å². The van der Waals surface area contributed by atoms with Crippen LogP contribution in [0.1, 0.15) is 43.7 Å². The summed E-state index contributed by atoms with van der Waals surface area (Å²) >= 11 is 0. The average Bonchev–Trinajstić information content (AvgIpc) is 2.86. The Labute approximate surface area is 131 Å². The normalized spacial score (nSPS) is 36.7. The van der Waals surface area contributed by atoms with E-state index >= 15 is 0 Å². The monoisotopic (exact) mass is 297 g/mol. The summed E-state index contributed by atoms with van der Waals surface area (Å²) in [5.41, 5.74) is 1.12. The van der Waals surface area contributed by atoms with Crippen molar-refractivity contribution in [3.05, 3.63) is 35.7 Å². The number of aryl methyl sites for hydroxylation is 2. The molecule has 1 aromatic rings. The lowest BCUT2D eigenvalue weighted by molar-refractivity contribution is 0.00342. The number of hydrogen-bond acceptors (Lipinski definition) is 4. The van der Waals surface area contributed by atoms with Crippen LogP contribution in [0, 0.1) is 31.6 Å². The largest absolute Gasteiger partial charge is 0.370 e. The summed E-state index contributed by atoms with van der Waals surface area (Å²) in [6, 6.07) is 0. The van der Waals surface area contributed by atoms with Crippen LogP contribution in [0.2, 0.25) is 0 Å². The van der Waals surface area contributed by atoms with E-state index in [0.29, 0.717) is 23.9 Å². The molecule has 0 radical (unpaired) electrons. The quantitative estimate of drug-likeness (QED) is 0.798. The Morgan fingerprint density at radius 1 is 1.09 bits per heavy atom. The maximum Gasteiger partial charge on any atom is 0.162 e. The molecule has 2 aliphatic carbocycles. The van der Waals surface area contributed by atoms with Crippen LogP contribution in [0.3, 0.4) is 0 Å². The molecule has 116 valence electrons. The van der Waals surface area contributed by atoms with Crippen molar-refractivity contribution in [2.45, 2.75) is 52.2 Å². The molecule has 4 heteroatoms. The molecule has 4 nitrogen and oxygen atoms in total. The molecular weight excluding hydrogens is 274 g/mol. The highest BCUT2D eigenvalue weighted by Gasteiger charge is 2.46. The fourth-order valence-electron chi connectivity index (χ4n) is 4.34. The van der Waals surface area contributed by atoms with Gasteiger partial charge in [-0.25, -0.2) is 15.0 Å². The predicted octanol–water partition coefficient (Wildman–Crippen LogP) is 3.26. The summed E-state index contributed by atoms with van der Waals surface area (Å²) in [5, 5.41) is 0. The first-order valence-electron chi connectivity index (χ1n) is 8.37. The summed E-state index contributed by atoms with van der Waals surface area (Å²) in [6.45, 7) is 6.18. The van der Waals surface area contributed by atoms with Gasteiger partial charge in [-0.05, 0) is 38.5 Å². The molecule has 2 fully saturated rings. The van der Waals surface area contributed by atoms with Gasteiger partial charge in [0, 0.05) is 11.5 Å². The number of rotatable bonds is 1. The molecule has 0 spiro atoms. The molecule has 1 aliphatic heterocycles. The molecule has 2 heterocycles. The molecule has 22 heavy (non-hydrogen) atoms. The Kier molecular flexibility index (Phi) is 3.37. The van der Waals surface area contributed by atoms with Crippen LogP contribution in [-0.4, -0.2) is 27.2 Å². The molecule has 1 saturated carbocycles. The molecule has 1 saturated heterocycles. The van der Waals surface area contributed by atoms with Crippen molar-refractivity contribution in [1.82, 2.24) is 15.0 Å². The number of nitrogens with zero attached hydrogens (tertiary/aromatic N) is 3. The van der Waals surface area contributed by atoms with Gasteiger partial charge in [0.05, 0.1) is 12.2 Å². The molecule has 4 unspecified atom stereocenters. The van der Waals surface area contributed by atoms with E-state index in [1.165, 1.54) is 19.3 Å². The second-order valence-corrected chi connectivity index (χ2v) is 6.95. The fraction of sp³-hybridized carbons (Fsp3) is 0.611. The zero-order chi connectivity index (χ0) is 15.3. The number of hydrogen-bond donors (Lipinski definition) is 0. The van der Waals surface area contributed by atoms with Gasteiger partial charge in [0.15, 0.2) is 5.82 Å². The Balaban J connectivity index is 1.67. The summed E-state index contributed by atoms with van der Waals surface area (Å²) in [7, 11) is 0. The van der Waals surface area contributed by atoms with Gasteiger partial charge in [0.1, 0.15) is 11.6 Å². The third-order valence-corrected chi connectivity index (χ3v) is 5.32. The summed E-state index contributed by atoms with van der Waals surface area (Å²) in [5.74, 6) is 4.17. The van der Waals surface area contributed by atoms with Crippen LogP contribution in [-0.2, 0) is 4.74 Å². The second-order valence-electron chi connectivity index (χ2n) is 6.95. The van der Waals surface area contributed by atoms with Gasteiger partial charge < -0.3 is 4.74 Å². The van der Waals surface area contributed by atoms with E-state index in [4.69, 9.17) is 4.74 Å². The minimum absolute atomic E-state index is 0.239. The third-order valence-electron chi connectivity index (χ3n) is 5.32. The molecule has 4 rings (SSSR count). The van der Waals surface area contributed by atoms with E-state index in [-0.39, 0.29) is 6.10 Å². The van der Waals surface area contributed by atoms with E-state index in [1.807, 2.05) is 13.8 Å². The maximum absolute atomic E-state index is 6.33. The SMILES string of the molecule is Cc1nc(C)nc(C2=CC3C(C=C2)OC2C3CCC[C@@H]2C)n1. The molecule has 0 amide bonds. The molecule has 3 aliphatic rings. The number of aromatic nitrogens is 3. The molecule has 0 bridgehead atoms. The van der Waals surface area contributed by atoms with Gasteiger partial charge in [0.25, 0.3) is 0 Å². The Bertz CT molecular complexity index is 631. The minimum atomic E-state index is 0.239. The van der Waals surface area contributed by atoms with Gasteiger partial charge in [0.2, 0.25) is 0 Å². The van der Waals surface area contributed by atoms with Crippen molar-refractivity contribution in [1.29, 1.82) is 0 Å². The van der Waals surface area contributed by atoms with Crippen molar-refractivity contribution in [3.63, 3.8) is 0 Å². The van der Waals surface area contributed by atoms with Crippen molar-refractivity contribution in [2.75, 3.05) is 0 Å². The topological polar surface area (TPSA) is 47.9 Å². The van der Waals surface area contributed by atoms with Crippen molar-refractivity contribution in [2.24, 2.45) is 17.8 Å². The van der Waals surface area contributed by atoms with Crippen molar-refractivity contribution in [3.8, 4) is 0 Å². The maximum atomic E-state index is 6.33. The lowest BCUT2D eigenvalue weighted by atomic mass is 9.73. The first-order chi connectivity index (χ1) is 10.6. The standard InChI is InChI=1S/C18H23N3O/c1-10-5-4-6-14-15-9-13(7-8-16(15)22-17(10)14)18-20-11(2)19-12(3)21-18/h7-10,14-17H,4-6H2,1-3H3/t10-,14?,15?,16?,17?/m0/s1. The zero-order valence-corrected chi connectivity index (χ0v) is 13.5. The van der Waals surface area contributed by atoms with Crippen LogP contribution in [0.4, 0.5) is 0 Å². The molecule has 0 aromatic carbocycles. The third kappa shape index (κ3) is 2.30. The highest BCUT2D eigenvalue weighted by Crippen LogP contribution is 2.47. The predicted molar refractivity (Wildman–Crippen MR) is 85.1 cm³/mol. The van der Waals surface area contributed by atoms with Crippen LogP contribution in [0.25, 0.3) is 5.57 Å². The van der Waals surface area contributed by atoms with Gasteiger partial charge in [-0.15, -0.1) is 0 Å². The molecule has 1 aromatic heterocycles. The van der Waals surface area contributed by atoms with E-state index in [9.17, 15) is 0 Å². The number of fused-ring (bicyclic) bond motifs is 3. The minimum Gasteiger partial charge on any atom is -0.370 e. The van der Waals surface area contributed by atoms with Gasteiger partial charge >= 0.3 is 0 Å². The first kappa shape index (κ1) is 14.1. The Morgan fingerprint density at radius 3 is 2.64 bits per heavy atom. The lowest BCUT2D eigenvalue weighted by Crippen LogP contribution is -2.30. The van der Waals surface area contributed by atoms with Crippen LogP contribution in [0.5, 0.6) is 0 Å². The van der Waals surface area contributed by atoms with Crippen molar-refractivity contribution >= 4 is 5.57 Å². The fourth-order valence-corrected chi connectivity index (χ4v) is 4.34. The van der Waals surface area contributed by atoms with Gasteiger partial charge in [-0.2, -0.15) is 0 Å². The zero-order valence-electron chi connectivity index (χ0n) is 13.5. The molecule has 5 atom stereocenters. The van der Waals surface area contributed by atoms with Crippen LogP contribution in [0.15, 0.2) is 18.2 Å². The number of ether oxygens (including phenoxy) is 1. The van der Waals surface area contributed by atoms with E-state index in [0.717, 1.165) is 23.0 Å². The van der Waals surface area contributed by atoms with Gasteiger partial charge in [-0.3, -0.25) is 0 Å². The second kappa shape index (κ2) is 5.27. The van der Waals surface area contributed by atoms with Crippen molar-refractivity contribution < 1.29 is 4.74 Å². The smallest absolute Gasteiger partial charge is 0.162 e. The van der Waals surface area contributed by atoms with Crippen LogP contribution < -0.4 is 0 Å². The summed E-state index contributed by atoms with van der Waals surface area (Å²) in [6.07, 6.45) is 11.2. The summed E-state index contributed by atoms with van der Waals surface area (Å²) < 4.78 is 6.33. The van der Waals surface area contributed by atoms with Gasteiger partial charge in [-0.1, -0.05) is 31.6 Å². The average molecular weight is 297 g/mol. The lowest BCUT2D eigenvalue weighted by Gasteiger charge is -2.31. The van der Waals surface area contributed by atoms with E-state index in [2.05, 4.69) is 40.1 Å². The van der Waals surface area contributed by atoms with E-state index in [1.54, 1.807) is 0 Å². The highest BCUT2D eigenvalue weighted by atomic mass is 16.5. The summed E-state index contributed by atoms with van der Waals surface area (Å²) in [4.78, 5) is 13.3. The highest BCUT2D eigenvalue weighted by molar-refractivity contribution is 5.71. The molecule has 0 N–H and O–H groups in total. The Hall–Kier alpha value is -1.55. The first-order valence-corrected chi connectivity index (χ1v) is 8.37. The Morgan fingerprint density at radius 2 is 1.86 bits per heavy atom. The number of allylic oxidation sites excluding steroid dienone is 2. The van der Waals surface area contributed by atoms with E-state index < -0.39 is 0 Å². The molecular formula is C18H23N3O.